The summed E-state index contributed by atoms with van der Waals surface area (Å²) in [5.41, 5.74) is 3.68. The van der Waals surface area contributed by atoms with E-state index < -0.39 is 5.97 Å². The minimum Gasteiger partial charge on any atom is -0.462 e. The number of esters is 1. The molecule has 4 heteroatoms. The molecule has 3 rings (SSSR count). The van der Waals surface area contributed by atoms with Crippen molar-refractivity contribution in [2.75, 3.05) is 6.61 Å². The van der Waals surface area contributed by atoms with Gasteiger partial charge in [0.25, 0.3) is 0 Å². The van der Waals surface area contributed by atoms with E-state index in [2.05, 4.69) is 16.7 Å². The fraction of sp³-hybridized carbons (Fsp3) is 0.250. The molecule has 0 radical (unpaired) electrons. The molecular formula is C24H25NO3. The molecule has 0 fully saturated rings. The summed E-state index contributed by atoms with van der Waals surface area (Å²) in [5, 5.41) is 0. The van der Waals surface area contributed by atoms with Gasteiger partial charge < -0.3 is 9.30 Å². The van der Waals surface area contributed by atoms with Crippen molar-refractivity contribution >= 4 is 5.97 Å². The summed E-state index contributed by atoms with van der Waals surface area (Å²) >= 11 is 0. The third-order valence-corrected chi connectivity index (χ3v) is 4.79. The number of aryl methyl sites for hydroxylation is 2. The van der Waals surface area contributed by atoms with Crippen molar-refractivity contribution in [2.45, 2.75) is 33.2 Å². The van der Waals surface area contributed by atoms with Crippen LogP contribution in [0.4, 0.5) is 0 Å². The highest BCUT2D eigenvalue weighted by Gasteiger charge is 2.21. The van der Waals surface area contributed by atoms with E-state index >= 15 is 0 Å². The Morgan fingerprint density at radius 2 is 1.57 bits per heavy atom. The number of hydrogen-bond donors (Lipinski definition) is 0. The first-order chi connectivity index (χ1) is 13.6. The smallest absolute Gasteiger partial charge is 0.343 e. The number of aromatic nitrogens is 1. The highest BCUT2D eigenvalue weighted by atomic mass is 16.5. The normalized spacial score (nSPS) is 10.6. The minimum absolute atomic E-state index is 0.143. The monoisotopic (exact) mass is 375 g/mol. The van der Waals surface area contributed by atoms with Crippen molar-refractivity contribution < 1.29 is 9.53 Å². The highest BCUT2D eigenvalue weighted by molar-refractivity contribution is 5.90. The molecule has 0 unspecified atom stereocenters. The Bertz CT molecular complexity index is 992. The molecule has 1 aromatic heterocycles. The van der Waals surface area contributed by atoms with E-state index in [9.17, 15) is 9.59 Å². The van der Waals surface area contributed by atoms with Crippen LogP contribution < -0.4 is 5.43 Å². The van der Waals surface area contributed by atoms with Gasteiger partial charge in [-0.05, 0) is 31.4 Å². The van der Waals surface area contributed by atoms with Crippen molar-refractivity contribution in [2.24, 2.45) is 0 Å². The average Bonchev–Trinajstić information content (AvgIpc) is 2.69. The van der Waals surface area contributed by atoms with Crippen molar-refractivity contribution in [1.82, 2.24) is 4.57 Å². The molecule has 144 valence electrons. The zero-order valence-electron chi connectivity index (χ0n) is 16.4. The SMILES string of the molecule is CCOC(=O)c1c(Cc2ccccc2)n(CCc2ccccc2)c(C)cc1=O. The zero-order chi connectivity index (χ0) is 19.9. The fourth-order valence-electron chi connectivity index (χ4n) is 3.42. The lowest BCUT2D eigenvalue weighted by Gasteiger charge is -2.20. The lowest BCUT2D eigenvalue weighted by Crippen LogP contribution is -2.27. The number of benzene rings is 2. The molecule has 2 aromatic carbocycles. The van der Waals surface area contributed by atoms with Gasteiger partial charge in [-0.3, -0.25) is 4.79 Å². The maximum absolute atomic E-state index is 12.7. The molecule has 0 aliphatic carbocycles. The number of ether oxygens (including phenoxy) is 1. The van der Waals surface area contributed by atoms with Crippen LogP contribution in [0, 0.1) is 6.92 Å². The highest BCUT2D eigenvalue weighted by Crippen LogP contribution is 2.17. The maximum Gasteiger partial charge on any atom is 0.343 e. The van der Waals surface area contributed by atoms with E-state index in [4.69, 9.17) is 4.74 Å². The summed E-state index contributed by atoms with van der Waals surface area (Å²) in [6, 6.07) is 21.6. The molecule has 0 aliphatic heterocycles. The summed E-state index contributed by atoms with van der Waals surface area (Å²) in [4.78, 5) is 25.3. The molecule has 0 N–H and O–H groups in total. The van der Waals surface area contributed by atoms with Gasteiger partial charge in [0.2, 0.25) is 0 Å². The van der Waals surface area contributed by atoms with Gasteiger partial charge in [-0.1, -0.05) is 60.7 Å². The number of carbonyl (C=O) groups excluding carboxylic acids is 1. The van der Waals surface area contributed by atoms with Gasteiger partial charge in [0.1, 0.15) is 5.56 Å². The Balaban J connectivity index is 2.06. The van der Waals surface area contributed by atoms with Gasteiger partial charge in [-0.2, -0.15) is 0 Å². The van der Waals surface area contributed by atoms with Gasteiger partial charge in [0.05, 0.1) is 6.61 Å². The summed E-state index contributed by atoms with van der Waals surface area (Å²) in [6.45, 7) is 4.58. The Morgan fingerprint density at radius 1 is 0.964 bits per heavy atom. The summed E-state index contributed by atoms with van der Waals surface area (Å²) in [6.07, 6.45) is 1.31. The van der Waals surface area contributed by atoms with Gasteiger partial charge in [0, 0.05) is 30.4 Å². The van der Waals surface area contributed by atoms with Crippen LogP contribution in [0.2, 0.25) is 0 Å². The third-order valence-electron chi connectivity index (χ3n) is 4.79. The van der Waals surface area contributed by atoms with Crippen LogP contribution in [0.3, 0.4) is 0 Å². The summed E-state index contributed by atoms with van der Waals surface area (Å²) < 4.78 is 7.27. The largest absolute Gasteiger partial charge is 0.462 e. The third kappa shape index (κ3) is 4.58. The molecule has 0 aliphatic rings. The fourth-order valence-corrected chi connectivity index (χ4v) is 3.42. The van der Waals surface area contributed by atoms with E-state index in [-0.39, 0.29) is 17.6 Å². The predicted molar refractivity (Wildman–Crippen MR) is 111 cm³/mol. The lowest BCUT2D eigenvalue weighted by atomic mass is 10.0. The lowest BCUT2D eigenvalue weighted by molar-refractivity contribution is 0.0522. The average molecular weight is 375 g/mol. The molecule has 0 atom stereocenters. The van der Waals surface area contributed by atoms with E-state index in [0.717, 1.165) is 17.7 Å². The molecule has 4 nitrogen and oxygen atoms in total. The van der Waals surface area contributed by atoms with E-state index in [1.807, 2.05) is 55.5 Å². The number of rotatable bonds is 7. The molecule has 3 aromatic rings. The van der Waals surface area contributed by atoms with E-state index in [1.165, 1.54) is 11.6 Å². The minimum atomic E-state index is -0.549. The van der Waals surface area contributed by atoms with Crippen molar-refractivity contribution in [3.05, 3.63) is 105 Å². The van der Waals surface area contributed by atoms with Gasteiger partial charge in [-0.25, -0.2) is 4.79 Å². The molecule has 0 saturated carbocycles. The number of carbonyl (C=O) groups is 1. The molecule has 0 spiro atoms. The van der Waals surface area contributed by atoms with Gasteiger partial charge in [0.15, 0.2) is 5.43 Å². The summed E-state index contributed by atoms with van der Waals surface area (Å²) in [7, 11) is 0. The first-order valence-electron chi connectivity index (χ1n) is 9.58. The first-order valence-corrected chi connectivity index (χ1v) is 9.58. The van der Waals surface area contributed by atoms with Crippen molar-refractivity contribution in [1.29, 1.82) is 0 Å². The topological polar surface area (TPSA) is 48.3 Å². The zero-order valence-corrected chi connectivity index (χ0v) is 16.4. The van der Waals surface area contributed by atoms with Gasteiger partial charge >= 0.3 is 5.97 Å². The molecule has 28 heavy (non-hydrogen) atoms. The number of hydrogen-bond acceptors (Lipinski definition) is 3. The van der Waals surface area contributed by atoms with Gasteiger partial charge in [-0.15, -0.1) is 0 Å². The Labute approximate surface area is 165 Å². The second-order valence-corrected chi connectivity index (χ2v) is 6.74. The Kier molecular flexibility index (Phi) is 6.43. The van der Waals surface area contributed by atoms with Crippen LogP contribution in [-0.2, 0) is 24.1 Å². The molecule has 1 heterocycles. The quantitative estimate of drug-likeness (QED) is 0.583. The molecule has 0 bridgehead atoms. The Morgan fingerprint density at radius 3 is 2.18 bits per heavy atom. The molecular weight excluding hydrogens is 350 g/mol. The Hall–Kier alpha value is -3.14. The molecule has 0 amide bonds. The van der Waals surface area contributed by atoms with Crippen LogP contribution in [0.1, 0.15) is 39.8 Å². The predicted octanol–water partition coefficient (Wildman–Crippen LogP) is 4.17. The second kappa shape index (κ2) is 9.18. The van der Waals surface area contributed by atoms with Crippen LogP contribution in [0.25, 0.3) is 0 Å². The van der Waals surface area contributed by atoms with Crippen LogP contribution >= 0.6 is 0 Å². The molecule has 0 saturated heterocycles. The maximum atomic E-state index is 12.7. The first kappa shape index (κ1) is 19.6. The van der Waals surface area contributed by atoms with Crippen LogP contribution in [0.15, 0.2) is 71.5 Å². The second-order valence-electron chi connectivity index (χ2n) is 6.74. The van der Waals surface area contributed by atoms with Crippen LogP contribution in [0.5, 0.6) is 0 Å². The number of pyridine rings is 1. The van der Waals surface area contributed by atoms with E-state index in [1.54, 1.807) is 6.92 Å². The van der Waals surface area contributed by atoms with E-state index in [0.29, 0.717) is 18.7 Å². The van der Waals surface area contributed by atoms with Crippen molar-refractivity contribution in [3.63, 3.8) is 0 Å². The number of nitrogens with zero attached hydrogens (tertiary/aromatic N) is 1. The van der Waals surface area contributed by atoms with Crippen LogP contribution in [-0.4, -0.2) is 17.1 Å². The summed E-state index contributed by atoms with van der Waals surface area (Å²) in [5.74, 6) is -0.549. The van der Waals surface area contributed by atoms with Crippen molar-refractivity contribution in [3.8, 4) is 0 Å². The standard InChI is InChI=1S/C24H25NO3/c1-3-28-24(27)23-21(17-20-12-8-5-9-13-20)25(18(2)16-22(23)26)15-14-19-10-6-4-7-11-19/h4-13,16H,3,14-15,17H2,1-2H3.